The fraction of sp³-hybridized carbons (Fsp3) is 0.818. The average molecular weight is 385 g/mol. The third kappa shape index (κ3) is 8.47. The number of hydrogen-bond acceptors (Lipinski definition) is 6. The molecule has 0 saturated carbocycles. The van der Waals surface area contributed by atoms with E-state index >= 15 is 0 Å². The van der Waals surface area contributed by atoms with Crippen molar-refractivity contribution in [2.45, 2.75) is 20.1 Å². The molecule has 0 aliphatic rings. The van der Waals surface area contributed by atoms with Crippen LogP contribution in [0.5, 0.6) is 0 Å². The minimum absolute atomic E-state index is 0.504. The molecule has 0 atom stereocenters. The lowest BCUT2D eigenvalue weighted by Crippen LogP contribution is -2.11. The molecule has 0 saturated heterocycles. The van der Waals surface area contributed by atoms with E-state index in [1.807, 2.05) is 36.1 Å². The van der Waals surface area contributed by atoms with Gasteiger partial charge in [0.1, 0.15) is 28.7 Å². The SMILES string of the molecule is CCOCc1cn(CCOCCOCCOI)nn1. The molecule has 0 bridgehead atoms. The molecule has 1 rings (SSSR count). The molecule has 7 nitrogen and oxygen atoms in total. The standard InChI is InChI=1S/C11H20IN3O4/c1-2-16-10-11-9-15(14-13-11)3-4-17-5-6-18-7-8-19-12/h9H,2-8,10H2,1H3. The molecule has 0 aliphatic heterocycles. The van der Waals surface area contributed by atoms with E-state index in [1.54, 1.807) is 4.68 Å². The van der Waals surface area contributed by atoms with Crippen LogP contribution in [-0.2, 0) is 30.4 Å². The second-order valence-electron chi connectivity index (χ2n) is 3.65. The highest BCUT2D eigenvalue weighted by atomic mass is 127. The summed E-state index contributed by atoms with van der Waals surface area (Å²) in [6.07, 6.45) is 1.87. The van der Waals surface area contributed by atoms with Gasteiger partial charge >= 0.3 is 0 Å². The van der Waals surface area contributed by atoms with Crippen molar-refractivity contribution < 1.29 is 17.3 Å². The summed E-state index contributed by atoms with van der Waals surface area (Å²) in [7, 11) is 0. The largest absolute Gasteiger partial charge is 0.377 e. The van der Waals surface area contributed by atoms with Gasteiger partial charge in [-0.25, -0.2) is 4.68 Å². The Kier molecular flexibility index (Phi) is 10.2. The monoisotopic (exact) mass is 385 g/mol. The first-order valence-corrected chi connectivity index (χ1v) is 7.10. The highest BCUT2D eigenvalue weighted by Gasteiger charge is 2.00. The van der Waals surface area contributed by atoms with Crippen LogP contribution in [-0.4, -0.2) is 54.6 Å². The first-order valence-electron chi connectivity index (χ1n) is 6.22. The molecule has 0 unspecified atom stereocenters. The van der Waals surface area contributed by atoms with Crippen LogP contribution in [0.1, 0.15) is 12.6 Å². The second kappa shape index (κ2) is 11.5. The van der Waals surface area contributed by atoms with Gasteiger partial charge in [0, 0.05) is 6.61 Å². The predicted octanol–water partition coefficient (Wildman–Crippen LogP) is 1.21. The van der Waals surface area contributed by atoms with Gasteiger partial charge < -0.3 is 17.3 Å². The molecule has 0 radical (unpaired) electrons. The number of hydrogen-bond donors (Lipinski definition) is 0. The molecule has 1 aromatic rings. The maximum Gasteiger partial charge on any atom is 0.109 e. The van der Waals surface area contributed by atoms with E-state index in [-0.39, 0.29) is 0 Å². The highest BCUT2D eigenvalue weighted by Crippen LogP contribution is 1.96. The minimum atomic E-state index is 0.504. The molecular formula is C11H20IN3O4. The van der Waals surface area contributed by atoms with E-state index in [0.29, 0.717) is 52.8 Å². The molecule has 0 amide bonds. The van der Waals surface area contributed by atoms with Crippen molar-refractivity contribution in [2.75, 3.05) is 39.6 Å². The number of nitrogens with zero attached hydrogens (tertiary/aromatic N) is 3. The number of rotatable bonds is 12. The van der Waals surface area contributed by atoms with E-state index in [0.717, 1.165) is 5.69 Å². The molecule has 0 spiro atoms. The van der Waals surface area contributed by atoms with Gasteiger partial charge in [-0.1, -0.05) is 5.21 Å². The zero-order chi connectivity index (χ0) is 13.8. The first-order chi connectivity index (χ1) is 9.36. The Bertz CT molecular complexity index is 325. The Labute approximate surface area is 127 Å². The van der Waals surface area contributed by atoms with Gasteiger partial charge in [0.15, 0.2) is 0 Å². The predicted molar refractivity (Wildman–Crippen MR) is 77.0 cm³/mol. The topological polar surface area (TPSA) is 67.6 Å². The molecule has 110 valence electrons. The summed E-state index contributed by atoms with van der Waals surface area (Å²) in [5, 5.41) is 7.98. The summed E-state index contributed by atoms with van der Waals surface area (Å²) < 4.78 is 22.5. The Morgan fingerprint density at radius 1 is 1.11 bits per heavy atom. The second-order valence-corrected chi connectivity index (χ2v) is 4.27. The van der Waals surface area contributed by atoms with Crippen molar-refractivity contribution in [3.05, 3.63) is 11.9 Å². The minimum Gasteiger partial charge on any atom is -0.377 e. The maximum absolute atomic E-state index is 5.42. The van der Waals surface area contributed by atoms with Crippen molar-refractivity contribution in [3.63, 3.8) is 0 Å². The van der Waals surface area contributed by atoms with Crippen molar-refractivity contribution in [2.24, 2.45) is 0 Å². The van der Waals surface area contributed by atoms with Crippen LogP contribution in [0.25, 0.3) is 0 Å². The normalized spacial score (nSPS) is 11.1. The smallest absolute Gasteiger partial charge is 0.109 e. The van der Waals surface area contributed by atoms with Crippen molar-refractivity contribution >= 4 is 23.0 Å². The highest BCUT2D eigenvalue weighted by molar-refractivity contribution is 14.1. The van der Waals surface area contributed by atoms with Crippen LogP contribution in [0.15, 0.2) is 6.20 Å². The summed E-state index contributed by atoms with van der Waals surface area (Å²) in [5.41, 5.74) is 0.837. The third-order valence-electron chi connectivity index (χ3n) is 2.18. The lowest BCUT2D eigenvalue weighted by atomic mass is 10.5. The summed E-state index contributed by atoms with van der Waals surface area (Å²) >= 11 is 1.84. The first kappa shape index (κ1) is 16.8. The zero-order valence-electron chi connectivity index (χ0n) is 11.1. The molecular weight excluding hydrogens is 365 g/mol. The summed E-state index contributed by atoms with van der Waals surface area (Å²) in [4.78, 5) is 0. The fourth-order valence-corrected chi connectivity index (χ4v) is 1.47. The molecule has 19 heavy (non-hydrogen) atoms. The van der Waals surface area contributed by atoms with Crippen LogP contribution in [0.3, 0.4) is 0 Å². The van der Waals surface area contributed by atoms with Gasteiger partial charge in [0.25, 0.3) is 0 Å². The molecule has 0 aromatic carbocycles. The molecule has 1 aromatic heterocycles. The van der Waals surface area contributed by atoms with Gasteiger partial charge in [-0.05, 0) is 6.92 Å². The fourth-order valence-electron chi connectivity index (χ4n) is 1.29. The van der Waals surface area contributed by atoms with E-state index in [1.165, 1.54) is 0 Å². The lowest BCUT2D eigenvalue weighted by molar-refractivity contribution is 0.0373. The van der Waals surface area contributed by atoms with Crippen molar-refractivity contribution in [3.8, 4) is 0 Å². The number of halogens is 1. The van der Waals surface area contributed by atoms with E-state index < -0.39 is 0 Å². The van der Waals surface area contributed by atoms with Crippen LogP contribution in [0, 0.1) is 0 Å². The number of ether oxygens (including phenoxy) is 3. The molecule has 0 aliphatic carbocycles. The van der Waals surface area contributed by atoms with Gasteiger partial charge in [0.05, 0.1) is 52.4 Å². The van der Waals surface area contributed by atoms with Gasteiger partial charge in [-0.3, -0.25) is 0 Å². The van der Waals surface area contributed by atoms with E-state index in [9.17, 15) is 0 Å². The summed E-state index contributed by atoms with van der Waals surface area (Å²) in [5.74, 6) is 0. The van der Waals surface area contributed by atoms with E-state index in [2.05, 4.69) is 10.3 Å². The molecule has 8 heteroatoms. The molecule has 0 fully saturated rings. The lowest BCUT2D eigenvalue weighted by Gasteiger charge is -2.04. The molecule has 1 heterocycles. The molecule has 0 N–H and O–H groups in total. The maximum atomic E-state index is 5.42. The van der Waals surface area contributed by atoms with Gasteiger partial charge in [0.2, 0.25) is 0 Å². The Morgan fingerprint density at radius 2 is 1.84 bits per heavy atom. The Hall–Kier alpha value is -0.290. The van der Waals surface area contributed by atoms with Gasteiger partial charge in [-0.2, -0.15) is 0 Å². The van der Waals surface area contributed by atoms with E-state index in [4.69, 9.17) is 17.3 Å². The van der Waals surface area contributed by atoms with Crippen LogP contribution in [0.2, 0.25) is 0 Å². The Morgan fingerprint density at radius 3 is 2.58 bits per heavy atom. The summed E-state index contributed by atoms with van der Waals surface area (Å²) in [6, 6.07) is 0. The third-order valence-corrected chi connectivity index (χ3v) is 2.62. The Balaban J connectivity index is 1.98. The summed E-state index contributed by atoms with van der Waals surface area (Å²) in [6.45, 7) is 6.74. The number of aromatic nitrogens is 3. The quantitative estimate of drug-likeness (QED) is 0.398. The van der Waals surface area contributed by atoms with Gasteiger partial charge in [-0.15, -0.1) is 5.10 Å². The van der Waals surface area contributed by atoms with Crippen LogP contribution < -0.4 is 0 Å². The average Bonchev–Trinajstić information content (AvgIpc) is 2.87. The van der Waals surface area contributed by atoms with Crippen LogP contribution >= 0.6 is 23.0 Å². The van der Waals surface area contributed by atoms with Crippen molar-refractivity contribution in [1.29, 1.82) is 0 Å². The van der Waals surface area contributed by atoms with Crippen LogP contribution in [0.4, 0.5) is 0 Å². The van der Waals surface area contributed by atoms with Crippen molar-refractivity contribution in [1.82, 2.24) is 15.0 Å². The zero-order valence-corrected chi connectivity index (χ0v) is 13.2.